The van der Waals surface area contributed by atoms with Gasteiger partial charge in [-0.25, -0.2) is 4.39 Å². The van der Waals surface area contributed by atoms with Crippen LogP contribution in [0.3, 0.4) is 0 Å². The lowest BCUT2D eigenvalue weighted by Crippen LogP contribution is -2.08. The van der Waals surface area contributed by atoms with Crippen LogP contribution in [0.15, 0.2) is 46.9 Å². The fourth-order valence-electron chi connectivity index (χ4n) is 1.59. The number of anilines is 1. The van der Waals surface area contributed by atoms with Crippen molar-refractivity contribution in [1.29, 1.82) is 5.26 Å². The molecular weight excluding hydrogens is 331 g/mol. The summed E-state index contributed by atoms with van der Waals surface area (Å²) in [5.74, 6) is -0.314. The van der Waals surface area contributed by atoms with Crippen molar-refractivity contribution >= 4 is 33.2 Å². The number of nitriles is 1. The number of benzene rings is 2. The van der Waals surface area contributed by atoms with Crippen molar-refractivity contribution in [3.05, 3.63) is 63.3 Å². The number of hydrogen-bond donors (Lipinski definition) is 1. The summed E-state index contributed by atoms with van der Waals surface area (Å²) in [5, 5.41) is 12.8. The molecule has 96 valence electrons. The maximum atomic E-state index is 12.8. The van der Waals surface area contributed by atoms with Crippen LogP contribution in [0.1, 0.15) is 11.6 Å². The van der Waals surface area contributed by atoms with Gasteiger partial charge in [-0.2, -0.15) is 5.26 Å². The fraction of sp³-hybridized carbons (Fsp3) is 0.0714. The maximum absolute atomic E-state index is 12.8. The van der Waals surface area contributed by atoms with Crippen molar-refractivity contribution < 1.29 is 4.39 Å². The molecular formula is C14H9BrClFN2. The molecule has 0 saturated carbocycles. The summed E-state index contributed by atoms with van der Waals surface area (Å²) in [4.78, 5) is 0. The van der Waals surface area contributed by atoms with Gasteiger partial charge < -0.3 is 5.32 Å². The van der Waals surface area contributed by atoms with Gasteiger partial charge in [0.25, 0.3) is 0 Å². The Hall–Kier alpha value is -1.57. The van der Waals surface area contributed by atoms with E-state index < -0.39 is 6.04 Å². The predicted octanol–water partition coefficient (Wildman–Crippen LogP) is 4.92. The average Bonchev–Trinajstić information content (AvgIpc) is 2.41. The monoisotopic (exact) mass is 338 g/mol. The van der Waals surface area contributed by atoms with Gasteiger partial charge in [0.1, 0.15) is 11.9 Å². The zero-order valence-electron chi connectivity index (χ0n) is 9.70. The van der Waals surface area contributed by atoms with E-state index in [-0.39, 0.29) is 5.82 Å². The number of halogens is 3. The third-order valence-electron chi connectivity index (χ3n) is 2.56. The molecule has 0 aliphatic carbocycles. The molecule has 2 rings (SSSR count). The van der Waals surface area contributed by atoms with Gasteiger partial charge in [0, 0.05) is 10.2 Å². The van der Waals surface area contributed by atoms with E-state index in [0.717, 1.165) is 10.0 Å². The van der Waals surface area contributed by atoms with Crippen LogP contribution in [0, 0.1) is 17.1 Å². The molecule has 1 N–H and O–H groups in total. The van der Waals surface area contributed by atoms with E-state index in [2.05, 4.69) is 27.3 Å². The van der Waals surface area contributed by atoms with Crippen LogP contribution in [0.2, 0.25) is 5.02 Å². The lowest BCUT2D eigenvalue weighted by atomic mass is 10.1. The molecule has 0 aliphatic rings. The van der Waals surface area contributed by atoms with Gasteiger partial charge in [0.2, 0.25) is 0 Å². The molecule has 0 aliphatic heterocycles. The Kier molecular flexibility index (Phi) is 4.41. The standard InChI is InChI=1S/C14H9BrClFN2/c15-12-6-1-9(7-13(12)16)14(8-18)19-11-4-2-10(17)3-5-11/h1-7,14,19H. The molecule has 1 unspecified atom stereocenters. The summed E-state index contributed by atoms with van der Waals surface area (Å²) in [5.41, 5.74) is 1.42. The summed E-state index contributed by atoms with van der Waals surface area (Å²) in [7, 11) is 0. The van der Waals surface area contributed by atoms with Crippen LogP contribution in [0.4, 0.5) is 10.1 Å². The molecule has 0 aromatic heterocycles. The largest absolute Gasteiger partial charge is 0.366 e. The van der Waals surface area contributed by atoms with Gasteiger partial charge in [-0.05, 0) is 57.9 Å². The van der Waals surface area contributed by atoms with Crippen molar-refractivity contribution in [2.45, 2.75) is 6.04 Å². The first kappa shape index (κ1) is 13.9. The van der Waals surface area contributed by atoms with E-state index in [4.69, 9.17) is 11.6 Å². The van der Waals surface area contributed by atoms with Crippen LogP contribution in [0.25, 0.3) is 0 Å². The van der Waals surface area contributed by atoms with Gasteiger partial charge in [0.15, 0.2) is 0 Å². The number of hydrogen-bond acceptors (Lipinski definition) is 2. The zero-order chi connectivity index (χ0) is 13.8. The number of nitrogens with one attached hydrogen (secondary N) is 1. The highest BCUT2D eigenvalue weighted by Gasteiger charge is 2.11. The van der Waals surface area contributed by atoms with Crippen LogP contribution < -0.4 is 5.32 Å². The predicted molar refractivity (Wildman–Crippen MR) is 77.5 cm³/mol. The highest BCUT2D eigenvalue weighted by atomic mass is 79.9. The molecule has 2 aromatic carbocycles. The highest BCUT2D eigenvalue weighted by molar-refractivity contribution is 9.10. The first-order valence-corrected chi connectivity index (χ1v) is 6.64. The van der Waals surface area contributed by atoms with Crippen molar-refractivity contribution in [2.24, 2.45) is 0 Å². The molecule has 19 heavy (non-hydrogen) atoms. The van der Waals surface area contributed by atoms with Crippen molar-refractivity contribution in [2.75, 3.05) is 5.32 Å². The summed E-state index contributed by atoms with van der Waals surface area (Å²) in [6.07, 6.45) is 0. The second kappa shape index (κ2) is 6.05. The van der Waals surface area contributed by atoms with Crippen molar-refractivity contribution in [1.82, 2.24) is 0 Å². The maximum Gasteiger partial charge on any atom is 0.140 e. The molecule has 0 amide bonds. The molecule has 0 spiro atoms. The molecule has 0 fully saturated rings. The topological polar surface area (TPSA) is 35.8 Å². The second-order valence-corrected chi connectivity index (χ2v) is 5.15. The Morgan fingerprint density at radius 2 is 1.89 bits per heavy atom. The fourth-order valence-corrected chi connectivity index (χ4v) is 2.03. The van der Waals surface area contributed by atoms with Gasteiger partial charge in [-0.3, -0.25) is 0 Å². The van der Waals surface area contributed by atoms with Gasteiger partial charge >= 0.3 is 0 Å². The SMILES string of the molecule is N#CC(Nc1ccc(F)cc1)c1ccc(Br)c(Cl)c1. The quantitative estimate of drug-likeness (QED) is 0.861. The molecule has 0 bridgehead atoms. The van der Waals surface area contributed by atoms with E-state index in [1.54, 1.807) is 30.3 Å². The Morgan fingerprint density at radius 1 is 1.21 bits per heavy atom. The lowest BCUT2D eigenvalue weighted by Gasteiger charge is -2.14. The number of nitrogens with zero attached hydrogens (tertiary/aromatic N) is 1. The number of rotatable bonds is 3. The Balaban J connectivity index is 2.23. The van der Waals surface area contributed by atoms with Crippen LogP contribution in [-0.2, 0) is 0 Å². The minimum Gasteiger partial charge on any atom is -0.366 e. The second-order valence-electron chi connectivity index (χ2n) is 3.89. The van der Waals surface area contributed by atoms with E-state index in [0.29, 0.717) is 10.7 Å². The minimum absolute atomic E-state index is 0.314. The lowest BCUT2D eigenvalue weighted by molar-refractivity contribution is 0.628. The molecule has 0 heterocycles. The van der Waals surface area contributed by atoms with Crippen LogP contribution in [0.5, 0.6) is 0 Å². The van der Waals surface area contributed by atoms with Gasteiger partial charge in [-0.1, -0.05) is 17.7 Å². The Labute approximate surface area is 123 Å². The molecule has 2 aromatic rings. The summed E-state index contributed by atoms with van der Waals surface area (Å²) in [6, 6.07) is 12.8. The van der Waals surface area contributed by atoms with Gasteiger partial charge in [0.05, 0.1) is 11.1 Å². The molecule has 1 atom stereocenters. The minimum atomic E-state index is -0.545. The van der Waals surface area contributed by atoms with E-state index >= 15 is 0 Å². The third-order valence-corrected chi connectivity index (χ3v) is 3.79. The molecule has 0 saturated heterocycles. The summed E-state index contributed by atoms with van der Waals surface area (Å²) >= 11 is 9.30. The first-order valence-electron chi connectivity index (χ1n) is 5.47. The van der Waals surface area contributed by atoms with E-state index in [1.807, 2.05) is 0 Å². The zero-order valence-corrected chi connectivity index (χ0v) is 12.0. The van der Waals surface area contributed by atoms with E-state index in [9.17, 15) is 9.65 Å². The smallest absolute Gasteiger partial charge is 0.140 e. The van der Waals surface area contributed by atoms with Crippen LogP contribution >= 0.6 is 27.5 Å². The van der Waals surface area contributed by atoms with Crippen molar-refractivity contribution in [3.63, 3.8) is 0 Å². The highest BCUT2D eigenvalue weighted by Crippen LogP contribution is 2.27. The van der Waals surface area contributed by atoms with Gasteiger partial charge in [-0.15, -0.1) is 0 Å². The third kappa shape index (κ3) is 3.46. The molecule has 0 radical (unpaired) electrons. The first-order chi connectivity index (χ1) is 9.10. The molecule has 5 heteroatoms. The Morgan fingerprint density at radius 3 is 2.47 bits per heavy atom. The summed E-state index contributed by atoms with van der Waals surface area (Å²) in [6.45, 7) is 0. The normalized spacial score (nSPS) is 11.7. The average molecular weight is 340 g/mol. The Bertz CT molecular complexity index is 622. The van der Waals surface area contributed by atoms with E-state index in [1.165, 1.54) is 12.1 Å². The summed E-state index contributed by atoms with van der Waals surface area (Å²) < 4.78 is 13.6. The molecule has 2 nitrogen and oxygen atoms in total. The van der Waals surface area contributed by atoms with Crippen molar-refractivity contribution in [3.8, 4) is 6.07 Å². The van der Waals surface area contributed by atoms with Crippen LogP contribution in [-0.4, -0.2) is 0 Å².